The Balaban J connectivity index is 2.19. The van der Waals surface area contributed by atoms with Gasteiger partial charge in [-0.25, -0.2) is 0 Å². The number of piperazine rings is 1. The third-order valence-corrected chi connectivity index (χ3v) is 4.58. The van der Waals surface area contributed by atoms with Crippen LogP contribution >= 0.6 is 24.0 Å². The highest BCUT2D eigenvalue weighted by Crippen LogP contribution is 2.30. The molecule has 0 spiro atoms. The molecule has 1 aromatic carbocycles. The molecule has 3 N–H and O–H groups in total. The molecular weight excluding hydrogens is 290 g/mol. The van der Waals surface area contributed by atoms with Gasteiger partial charge in [-0.3, -0.25) is 4.90 Å². The molecule has 4 nitrogen and oxygen atoms in total. The fourth-order valence-corrected chi connectivity index (χ4v) is 3.47. The van der Waals surface area contributed by atoms with Crippen LogP contribution in [0, 0.1) is 0 Å². The van der Waals surface area contributed by atoms with Crippen molar-refractivity contribution in [3.05, 3.63) is 23.8 Å². The van der Waals surface area contributed by atoms with Gasteiger partial charge in [-0.05, 0) is 18.4 Å². The highest BCUT2D eigenvalue weighted by atomic mass is 32.2. The van der Waals surface area contributed by atoms with Crippen molar-refractivity contribution in [3.63, 3.8) is 0 Å². The van der Waals surface area contributed by atoms with E-state index in [0.29, 0.717) is 4.99 Å². The predicted octanol–water partition coefficient (Wildman–Crippen LogP) is 1.16. The maximum Gasteiger partial charge on any atom is 0.107 e. The van der Waals surface area contributed by atoms with Crippen molar-refractivity contribution in [1.82, 2.24) is 4.90 Å². The van der Waals surface area contributed by atoms with Crippen LogP contribution in [0.1, 0.15) is 5.56 Å². The number of thioether (sulfide) groups is 1. The average Bonchev–Trinajstić information content (AvgIpc) is 2.47. The third-order valence-electron chi connectivity index (χ3n) is 3.60. The number of hydrogen-bond donors (Lipinski definition) is 2. The molecule has 0 radical (unpaired) electrons. The minimum Gasteiger partial charge on any atom is -0.395 e. The second-order valence-electron chi connectivity index (χ2n) is 4.77. The highest BCUT2D eigenvalue weighted by Gasteiger charge is 2.21. The molecule has 1 aromatic rings. The Kier molecular flexibility index (Phi) is 5.65. The summed E-state index contributed by atoms with van der Waals surface area (Å²) >= 11 is 6.90. The normalized spacial score (nSPS) is 16.4. The van der Waals surface area contributed by atoms with E-state index in [0.717, 1.165) is 48.9 Å². The van der Waals surface area contributed by atoms with Crippen LogP contribution in [-0.4, -0.2) is 60.6 Å². The zero-order valence-electron chi connectivity index (χ0n) is 11.7. The summed E-state index contributed by atoms with van der Waals surface area (Å²) in [7, 11) is 0. The summed E-state index contributed by atoms with van der Waals surface area (Å²) in [4.78, 5) is 6.20. The molecular formula is C14H21N3OS2. The van der Waals surface area contributed by atoms with E-state index in [1.165, 1.54) is 0 Å². The monoisotopic (exact) mass is 311 g/mol. The molecule has 0 saturated carbocycles. The summed E-state index contributed by atoms with van der Waals surface area (Å²) < 4.78 is 0. The summed E-state index contributed by atoms with van der Waals surface area (Å²) in [6.45, 7) is 4.77. The van der Waals surface area contributed by atoms with Crippen LogP contribution in [-0.2, 0) is 0 Å². The lowest BCUT2D eigenvalue weighted by molar-refractivity contribution is 0.189. The Labute approximate surface area is 129 Å². The van der Waals surface area contributed by atoms with E-state index in [4.69, 9.17) is 23.1 Å². The fraction of sp³-hybridized carbons (Fsp3) is 0.500. The number of aliphatic hydroxyl groups excluding tert-OH is 1. The Bertz CT molecular complexity index is 473. The molecule has 6 heteroatoms. The molecule has 20 heavy (non-hydrogen) atoms. The molecule has 0 bridgehead atoms. The zero-order valence-corrected chi connectivity index (χ0v) is 13.3. The maximum atomic E-state index is 8.99. The van der Waals surface area contributed by atoms with Gasteiger partial charge in [0.05, 0.1) is 6.61 Å². The Morgan fingerprint density at radius 2 is 2.05 bits per heavy atom. The first-order chi connectivity index (χ1) is 9.67. The van der Waals surface area contributed by atoms with Crippen LogP contribution in [0.3, 0.4) is 0 Å². The van der Waals surface area contributed by atoms with Gasteiger partial charge in [0.15, 0.2) is 0 Å². The average molecular weight is 311 g/mol. The van der Waals surface area contributed by atoms with Crippen LogP contribution in [0.15, 0.2) is 23.1 Å². The Morgan fingerprint density at radius 1 is 1.35 bits per heavy atom. The SMILES string of the molecule is CSc1cccc(N2CCN(CCO)CC2)c1C(N)=S. The first-order valence-corrected chi connectivity index (χ1v) is 8.35. The van der Waals surface area contributed by atoms with Crippen molar-refractivity contribution in [1.29, 1.82) is 0 Å². The second-order valence-corrected chi connectivity index (χ2v) is 6.06. The van der Waals surface area contributed by atoms with Crippen LogP contribution in [0.2, 0.25) is 0 Å². The van der Waals surface area contributed by atoms with Crippen molar-refractivity contribution in [2.24, 2.45) is 5.73 Å². The van der Waals surface area contributed by atoms with Crippen molar-refractivity contribution < 1.29 is 5.11 Å². The molecule has 1 saturated heterocycles. The number of benzene rings is 1. The molecule has 0 atom stereocenters. The minimum absolute atomic E-state index is 0.222. The lowest BCUT2D eigenvalue weighted by atomic mass is 10.1. The molecule has 110 valence electrons. The predicted molar refractivity (Wildman–Crippen MR) is 89.8 cm³/mol. The summed E-state index contributed by atoms with van der Waals surface area (Å²) in [5.74, 6) is 0. The van der Waals surface area contributed by atoms with Gasteiger partial charge in [0, 0.05) is 48.9 Å². The molecule has 0 aromatic heterocycles. The fourth-order valence-electron chi connectivity index (χ4n) is 2.55. The molecule has 1 aliphatic rings. The number of nitrogens with zero attached hydrogens (tertiary/aromatic N) is 2. The van der Waals surface area contributed by atoms with E-state index >= 15 is 0 Å². The number of nitrogens with two attached hydrogens (primary N) is 1. The standard InChI is InChI=1S/C14H21N3OS2/c1-20-12-4-2-3-11(13(12)14(15)19)17-7-5-16(6-8-17)9-10-18/h2-4,18H,5-10H2,1H3,(H2,15,19). The lowest BCUT2D eigenvalue weighted by Crippen LogP contribution is -2.47. The number of thiocarbonyl (C=S) groups is 1. The van der Waals surface area contributed by atoms with Crippen LogP contribution in [0.4, 0.5) is 5.69 Å². The molecule has 0 unspecified atom stereocenters. The molecule has 0 amide bonds. The molecule has 2 rings (SSSR count). The number of hydrogen-bond acceptors (Lipinski definition) is 5. The van der Waals surface area contributed by atoms with Crippen LogP contribution < -0.4 is 10.6 Å². The van der Waals surface area contributed by atoms with Gasteiger partial charge in [-0.1, -0.05) is 18.3 Å². The quantitative estimate of drug-likeness (QED) is 0.629. The maximum absolute atomic E-state index is 8.99. The van der Waals surface area contributed by atoms with Crippen LogP contribution in [0.5, 0.6) is 0 Å². The first kappa shape index (κ1) is 15.6. The summed E-state index contributed by atoms with van der Waals surface area (Å²) in [5.41, 5.74) is 8.04. The van der Waals surface area contributed by atoms with Gasteiger partial charge in [0.25, 0.3) is 0 Å². The van der Waals surface area contributed by atoms with E-state index in [1.807, 2.05) is 6.26 Å². The van der Waals surface area contributed by atoms with Gasteiger partial charge in [-0.2, -0.15) is 0 Å². The second kappa shape index (κ2) is 7.26. The van der Waals surface area contributed by atoms with E-state index in [1.54, 1.807) is 11.8 Å². The Morgan fingerprint density at radius 3 is 2.60 bits per heavy atom. The number of β-amino-alcohol motifs (C(OH)–C–C–N with tert-alkyl or cyclic N) is 1. The van der Waals surface area contributed by atoms with E-state index in [-0.39, 0.29) is 6.61 Å². The van der Waals surface area contributed by atoms with Gasteiger partial charge in [0.1, 0.15) is 4.99 Å². The third kappa shape index (κ3) is 3.44. The number of rotatable bonds is 5. The lowest BCUT2D eigenvalue weighted by Gasteiger charge is -2.37. The van der Waals surface area contributed by atoms with E-state index in [9.17, 15) is 0 Å². The molecule has 1 heterocycles. The Hall–Kier alpha value is -0.820. The summed E-state index contributed by atoms with van der Waals surface area (Å²) in [5, 5.41) is 8.99. The van der Waals surface area contributed by atoms with Crippen molar-refractivity contribution in [3.8, 4) is 0 Å². The molecule has 1 aliphatic heterocycles. The first-order valence-electron chi connectivity index (χ1n) is 6.72. The van der Waals surface area contributed by atoms with E-state index < -0.39 is 0 Å². The van der Waals surface area contributed by atoms with Gasteiger partial charge in [0.2, 0.25) is 0 Å². The molecule has 0 aliphatic carbocycles. The minimum atomic E-state index is 0.222. The van der Waals surface area contributed by atoms with Crippen molar-refractivity contribution in [2.75, 3.05) is 50.5 Å². The molecule has 1 fully saturated rings. The van der Waals surface area contributed by atoms with E-state index in [2.05, 4.69) is 28.0 Å². The van der Waals surface area contributed by atoms with Gasteiger partial charge >= 0.3 is 0 Å². The zero-order chi connectivity index (χ0) is 14.5. The van der Waals surface area contributed by atoms with Crippen molar-refractivity contribution >= 4 is 34.7 Å². The number of aliphatic hydroxyl groups is 1. The highest BCUT2D eigenvalue weighted by molar-refractivity contribution is 7.98. The summed E-state index contributed by atoms with van der Waals surface area (Å²) in [6, 6.07) is 6.21. The van der Waals surface area contributed by atoms with Crippen LogP contribution in [0.25, 0.3) is 0 Å². The number of anilines is 1. The smallest absolute Gasteiger partial charge is 0.107 e. The van der Waals surface area contributed by atoms with Gasteiger partial charge in [-0.15, -0.1) is 11.8 Å². The summed E-state index contributed by atoms with van der Waals surface area (Å²) in [6.07, 6.45) is 2.04. The topological polar surface area (TPSA) is 52.7 Å². The van der Waals surface area contributed by atoms with Gasteiger partial charge < -0.3 is 15.7 Å². The largest absolute Gasteiger partial charge is 0.395 e. The van der Waals surface area contributed by atoms with Crippen molar-refractivity contribution in [2.45, 2.75) is 4.90 Å².